The van der Waals surface area contributed by atoms with Crippen molar-refractivity contribution in [3.63, 3.8) is 0 Å². The minimum absolute atomic E-state index is 0.0176. The van der Waals surface area contributed by atoms with E-state index < -0.39 is 0 Å². The summed E-state index contributed by atoms with van der Waals surface area (Å²) in [5, 5.41) is 5.77. The van der Waals surface area contributed by atoms with Crippen molar-refractivity contribution in [1.82, 2.24) is 10.3 Å². The molecule has 1 amide bonds. The van der Waals surface area contributed by atoms with Crippen molar-refractivity contribution in [2.24, 2.45) is 0 Å². The van der Waals surface area contributed by atoms with Crippen molar-refractivity contribution in [3.05, 3.63) is 24.0 Å². The van der Waals surface area contributed by atoms with Crippen LogP contribution in [0.5, 0.6) is 0 Å². The number of rotatable bonds is 3. The number of carbonyl (C=O) groups is 1. The molecule has 1 saturated heterocycles. The molecule has 0 aliphatic carbocycles. The minimum atomic E-state index is 0.0176. The zero-order valence-electron chi connectivity index (χ0n) is 8.27. The van der Waals surface area contributed by atoms with Crippen LogP contribution < -0.4 is 10.6 Å². The molecular weight excluding hydrogens is 194 g/mol. The highest BCUT2D eigenvalue weighted by Gasteiger charge is 2.16. The number of nitrogens with zero attached hydrogens (tertiary/aromatic N) is 1. The first-order chi connectivity index (χ1) is 7.40. The Morgan fingerprint density at radius 3 is 3.13 bits per heavy atom. The Labute approximate surface area is 87.8 Å². The summed E-state index contributed by atoms with van der Waals surface area (Å²) in [6, 6.07) is 3.68. The van der Waals surface area contributed by atoms with E-state index >= 15 is 0 Å². The molecule has 80 valence electrons. The number of morpholine rings is 1. The van der Waals surface area contributed by atoms with E-state index in [2.05, 4.69) is 15.6 Å². The standard InChI is InChI=1S/C10H13N3O2/c14-7-13-8-1-2-9(12-5-8)10-6-11-3-4-15-10/h1-2,5,7,10-11H,3-4,6H2,(H,13,14). The lowest BCUT2D eigenvalue weighted by Crippen LogP contribution is -2.33. The highest BCUT2D eigenvalue weighted by atomic mass is 16.5. The SMILES string of the molecule is O=CNc1ccc(C2CNCCO2)nc1. The van der Waals surface area contributed by atoms with E-state index in [0.29, 0.717) is 18.7 Å². The summed E-state index contributed by atoms with van der Waals surface area (Å²) in [6.07, 6.45) is 2.28. The normalized spacial score (nSPS) is 20.9. The Morgan fingerprint density at radius 2 is 2.53 bits per heavy atom. The van der Waals surface area contributed by atoms with Gasteiger partial charge in [-0.25, -0.2) is 0 Å². The summed E-state index contributed by atoms with van der Waals surface area (Å²) in [7, 11) is 0. The molecule has 0 saturated carbocycles. The Morgan fingerprint density at radius 1 is 1.60 bits per heavy atom. The van der Waals surface area contributed by atoms with Crippen LogP contribution in [0.25, 0.3) is 0 Å². The molecule has 1 aromatic heterocycles. The molecule has 0 bridgehead atoms. The molecule has 0 spiro atoms. The fourth-order valence-corrected chi connectivity index (χ4v) is 1.50. The maximum atomic E-state index is 10.2. The molecule has 1 aliphatic heterocycles. The number of amides is 1. The number of aromatic nitrogens is 1. The molecule has 5 heteroatoms. The van der Waals surface area contributed by atoms with E-state index in [9.17, 15) is 4.79 Å². The van der Waals surface area contributed by atoms with Gasteiger partial charge in [-0.05, 0) is 12.1 Å². The third kappa shape index (κ3) is 2.51. The number of pyridine rings is 1. The Kier molecular flexibility index (Phi) is 3.26. The van der Waals surface area contributed by atoms with Gasteiger partial charge in [0.15, 0.2) is 0 Å². The van der Waals surface area contributed by atoms with Gasteiger partial charge in [-0.2, -0.15) is 0 Å². The van der Waals surface area contributed by atoms with Gasteiger partial charge in [-0.3, -0.25) is 9.78 Å². The second kappa shape index (κ2) is 4.86. The van der Waals surface area contributed by atoms with E-state index in [1.807, 2.05) is 12.1 Å². The fraction of sp³-hybridized carbons (Fsp3) is 0.400. The number of anilines is 1. The van der Waals surface area contributed by atoms with Crippen LogP contribution >= 0.6 is 0 Å². The molecule has 1 aliphatic rings. The maximum absolute atomic E-state index is 10.2. The number of nitrogens with one attached hydrogen (secondary N) is 2. The third-order valence-electron chi connectivity index (χ3n) is 2.27. The van der Waals surface area contributed by atoms with E-state index in [1.54, 1.807) is 6.20 Å². The van der Waals surface area contributed by atoms with E-state index in [-0.39, 0.29) is 6.10 Å². The number of ether oxygens (including phenoxy) is 1. The molecule has 1 fully saturated rings. The molecule has 1 unspecified atom stereocenters. The van der Waals surface area contributed by atoms with E-state index in [0.717, 1.165) is 18.8 Å². The van der Waals surface area contributed by atoms with Gasteiger partial charge in [0.05, 0.1) is 24.2 Å². The third-order valence-corrected chi connectivity index (χ3v) is 2.27. The second-order valence-electron chi connectivity index (χ2n) is 3.30. The number of carbonyl (C=O) groups excluding carboxylic acids is 1. The van der Waals surface area contributed by atoms with Gasteiger partial charge < -0.3 is 15.4 Å². The largest absolute Gasteiger partial charge is 0.369 e. The first-order valence-corrected chi connectivity index (χ1v) is 4.88. The monoisotopic (exact) mass is 207 g/mol. The van der Waals surface area contributed by atoms with E-state index in [4.69, 9.17) is 4.74 Å². The van der Waals surface area contributed by atoms with Crippen LogP contribution in [0.4, 0.5) is 5.69 Å². The van der Waals surface area contributed by atoms with Crippen molar-refractivity contribution in [2.75, 3.05) is 25.0 Å². The van der Waals surface area contributed by atoms with Gasteiger partial charge in [0.1, 0.15) is 6.10 Å². The predicted molar refractivity (Wildman–Crippen MR) is 55.5 cm³/mol. The zero-order valence-corrected chi connectivity index (χ0v) is 8.27. The van der Waals surface area contributed by atoms with Crippen molar-refractivity contribution in [1.29, 1.82) is 0 Å². The van der Waals surface area contributed by atoms with Gasteiger partial charge in [0.25, 0.3) is 0 Å². The Bertz CT molecular complexity index is 320. The van der Waals surface area contributed by atoms with Crippen LogP contribution in [0.3, 0.4) is 0 Å². The molecule has 1 aromatic rings. The summed E-state index contributed by atoms with van der Waals surface area (Å²) in [4.78, 5) is 14.4. The Hall–Kier alpha value is -1.46. The quantitative estimate of drug-likeness (QED) is 0.700. The first-order valence-electron chi connectivity index (χ1n) is 4.88. The lowest BCUT2D eigenvalue weighted by atomic mass is 10.2. The zero-order chi connectivity index (χ0) is 10.5. The molecule has 2 rings (SSSR count). The van der Waals surface area contributed by atoms with Crippen LogP contribution in [0, 0.1) is 0 Å². The topological polar surface area (TPSA) is 63.2 Å². The molecule has 5 nitrogen and oxygen atoms in total. The van der Waals surface area contributed by atoms with Gasteiger partial charge in [0.2, 0.25) is 6.41 Å². The van der Waals surface area contributed by atoms with Crippen molar-refractivity contribution < 1.29 is 9.53 Å². The highest BCUT2D eigenvalue weighted by Crippen LogP contribution is 2.17. The summed E-state index contributed by atoms with van der Waals surface area (Å²) in [5.41, 5.74) is 1.58. The van der Waals surface area contributed by atoms with Gasteiger partial charge >= 0.3 is 0 Å². The smallest absolute Gasteiger partial charge is 0.211 e. The Balaban J connectivity index is 2.04. The maximum Gasteiger partial charge on any atom is 0.211 e. The lowest BCUT2D eigenvalue weighted by molar-refractivity contribution is -0.105. The molecule has 1 atom stereocenters. The first kappa shape index (κ1) is 10.1. The average molecular weight is 207 g/mol. The van der Waals surface area contributed by atoms with Crippen LogP contribution in [0.1, 0.15) is 11.8 Å². The highest BCUT2D eigenvalue weighted by molar-refractivity contribution is 5.70. The van der Waals surface area contributed by atoms with Gasteiger partial charge in [-0.15, -0.1) is 0 Å². The van der Waals surface area contributed by atoms with Crippen molar-refractivity contribution in [3.8, 4) is 0 Å². The van der Waals surface area contributed by atoms with Gasteiger partial charge in [-0.1, -0.05) is 0 Å². The molecule has 2 heterocycles. The summed E-state index contributed by atoms with van der Waals surface area (Å²) < 4.78 is 5.55. The van der Waals surface area contributed by atoms with E-state index in [1.165, 1.54) is 0 Å². The average Bonchev–Trinajstić information content (AvgIpc) is 2.32. The summed E-state index contributed by atoms with van der Waals surface area (Å²) in [5.74, 6) is 0. The molecule has 15 heavy (non-hydrogen) atoms. The number of hydrogen-bond donors (Lipinski definition) is 2. The second-order valence-corrected chi connectivity index (χ2v) is 3.30. The number of hydrogen-bond acceptors (Lipinski definition) is 4. The lowest BCUT2D eigenvalue weighted by Gasteiger charge is -2.23. The minimum Gasteiger partial charge on any atom is -0.369 e. The van der Waals surface area contributed by atoms with Crippen LogP contribution in [-0.2, 0) is 9.53 Å². The van der Waals surface area contributed by atoms with Crippen LogP contribution in [0.2, 0.25) is 0 Å². The molecular formula is C10H13N3O2. The predicted octanol–water partition coefficient (Wildman–Crippen LogP) is 0.311. The molecule has 0 aromatic carbocycles. The van der Waals surface area contributed by atoms with Crippen molar-refractivity contribution >= 4 is 12.1 Å². The molecule has 0 radical (unpaired) electrons. The summed E-state index contributed by atoms with van der Waals surface area (Å²) in [6.45, 7) is 2.38. The molecule has 2 N–H and O–H groups in total. The summed E-state index contributed by atoms with van der Waals surface area (Å²) >= 11 is 0. The van der Waals surface area contributed by atoms with Crippen LogP contribution in [0.15, 0.2) is 18.3 Å². The fourth-order valence-electron chi connectivity index (χ4n) is 1.50. The van der Waals surface area contributed by atoms with Crippen LogP contribution in [-0.4, -0.2) is 31.1 Å². The van der Waals surface area contributed by atoms with Gasteiger partial charge in [0, 0.05) is 13.1 Å². The van der Waals surface area contributed by atoms with Crippen molar-refractivity contribution in [2.45, 2.75) is 6.10 Å².